The number of aromatic amines is 1. The first-order valence-corrected chi connectivity index (χ1v) is 12.1. The molecule has 6 heteroatoms. The Balaban J connectivity index is 1.08. The number of carbonyl (C=O) groups is 2. The molecule has 5 rings (SSSR count). The molecule has 2 fully saturated rings. The van der Waals surface area contributed by atoms with E-state index in [1.165, 1.54) is 5.56 Å². The molecular formula is C27H32N4O2. The number of carbonyl (C=O) groups excluding carboxylic acids is 2. The maximum absolute atomic E-state index is 13.0. The molecule has 33 heavy (non-hydrogen) atoms. The highest BCUT2D eigenvalue weighted by molar-refractivity contribution is 5.90. The summed E-state index contributed by atoms with van der Waals surface area (Å²) in [5.74, 6) is 0.501. The molecule has 1 aliphatic heterocycles. The van der Waals surface area contributed by atoms with Gasteiger partial charge in [-0.1, -0.05) is 18.2 Å². The number of aromatic nitrogens is 2. The Bertz CT molecular complexity index is 1150. The van der Waals surface area contributed by atoms with Crippen LogP contribution in [0.4, 0.5) is 0 Å². The van der Waals surface area contributed by atoms with Crippen molar-refractivity contribution in [3.8, 4) is 0 Å². The molecule has 1 atom stereocenters. The van der Waals surface area contributed by atoms with Crippen molar-refractivity contribution in [1.82, 2.24) is 20.2 Å². The third kappa shape index (κ3) is 4.52. The highest BCUT2D eigenvalue weighted by Gasteiger charge is 2.58. The van der Waals surface area contributed by atoms with Crippen LogP contribution in [0.2, 0.25) is 0 Å². The first-order chi connectivity index (χ1) is 16.1. The van der Waals surface area contributed by atoms with Gasteiger partial charge in [-0.2, -0.15) is 0 Å². The van der Waals surface area contributed by atoms with E-state index in [9.17, 15) is 9.59 Å². The van der Waals surface area contributed by atoms with E-state index in [0.717, 1.165) is 67.4 Å². The Morgan fingerprint density at radius 3 is 2.70 bits per heavy atom. The lowest BCUT2D eigenvalue weighted by Gasteiger charge is -2.33. The molecule has 2 aromatic heterocycles. The van der Waals surface area contributed by atoms with Gasteiger partial charge in [-0.05, 0) is 73.8 Å². The number of H-pyrrole nitrogens is 1. The average molecular weight is 445 g/mol. The van der Waals surface area contributed by atoms with Crippen molar-refractivity contribution in [2.45, 2.75) is 45.4 Å². The zero-order valence-corrected chi connectivity index (χ0v) is 19.3. The Morgan fingerprint density at radius 2 is 1.91 bits per heavy atom. The standard InChI is InChI=1S/C27H32N4O2/c1-19-22(21-6-2-3-7-24(21)30-19)17-25(32)31-15-10-27(11-16-31)18-23(27)26(33)29-12-4-5-20-8-13-28-14-9-20/h2-3,6-9,13-14,23,30H,4-5,10-12,15-18H2,1H3,(H,29,33)/t23-/m0/s1. The summed E-state index contributed by atoms with van der Waals surface area (Å²) < 4.78 is 0. The third-order valence-corrected chi connectivity index (χ3v) is 7.66. The number of piperidine rings is 1. The molecule has 2 amide bonds. The quantitative estimate of drug-likeness (QED) is 0.544. The molecule has 1 aromatic carbocycles. The van der Waals surface area contributed by atoms with Crippen LogP contribution in [-0.2, 0) is 22.4 Å². The third-order valence-electron chi connectivity index (χ3n) is 7.66. The molecule has 2 N–H and O–H groups in total. The molecule has 1 spiro atoms. The van der Waals surface area contributed by atoms with Crippen molar-refractivity contribution < 1.29 is 9.59 Å². The summed E-state index contributed by atoms with van der Waals surface area (Å²) in [5.41, 5.74) is 4.63. The number of hydrogen-bond donors (Lipinski definition) is 2. The van der Waals surface area contributed by atoms with Crippen molar-refractivity contribution >= 4 is 22.7 Å². The fraction of sp³-hybridized carbons (Fsp3) is 0.444. The summed E-state index contributed by atoms with van der Waals surface area (Å²) in [6.07, 6.45) is 8.76. The minimum absolute atomic E-state index is 0.114. The van der Waals surface area contributed by atoms with Crippen molar-refractivity contribution in [3.63, 3.8) is 0 Å². The zero-order chi connectivity index (χ0) is 22.8. The summed E-state index contributed by atoms with van der Waals surface area (Å²) in [5, 5.41) is 4.27. The van der Waals surface area contributed by atoms with Gasteiger partial charge in [0.1, 0.15) is 0 Å². The molecule has 0 radical (unpaired) electrons. The number of amides is 2. The van der Waals surface area contributed by atoms with Gasteiger partial charge in [0, 0.05) is 54.5 Å². The number of fused-ring (bicyclic) bond motifs is 1. The van der Waals surface area contributed by atoms with E-state index in [1.807, 2.05) is 36.1 Å². The van der Waals surface area contributed by atoms with Crippen LogP contribution in [0.25, 0.3) is 10.9 Å². The smallest absolute Gasteiger partial charge is 0.227 e. The topological polar surface area (TPSA) is 78.1 Å². The number of rotatable bonds is 7. The molecule has 1 aliphatic carbocycles. The van der Waals surface area contributed by atoms with Gasteiger partial charge in [0.15, 0.2) is 0 Å². The van der Waals surface area contributed by atoms with Gasteiger partial charge in [-0.25, -0.2) is 0 Å². The Morgan fingerprint density at radius 1 is 1.15 bits per heavy atom. The van der Waals surface area contributed by atoms with Crippen LogP contribution in [0.3, 0.4) is 0 Å². The maximum atomic E-state index is 13.0. The van der Waals surface area contributed by atoms with Gasteiger partial charge in [-0.15, -0.1) is 0 Å². The second kappa shape index (κ2) is 9.00. The lowest BCUT2D eigenvalue weighted by Crippen LogP contribution is -2.41. The van der Waals surface area contributed by atoms with Gasteiger partial charge in [0.25, 0.3) is 0 Å². The summed E-state index contributed by atoms with van der Waals surface area (Å²) in [4.78, 5) is 35.1. The van der Waals surface area contributed by atoms with E-state index >= 15 is 0 Å². The number of hydrogen-bond acceptors (Lipinski definition) is 3. The van der Waals surface area contributed by atoms with Gasteiger partial charge in [0.05, 0.1) is 6.42 Å². The number of nitrogens with one attached hydrogen (secondary N) is 2. The largest absolute Gasteiger partial charge is 0.358 e. The first kappa shape index (κ1) is 21.7. The van der Waals surface area contributed by atoms with Gasteiger partial charge < -0.3 is 15.2 Å². The highest BCUT2D eigenvalue weighted by Crippen LogP contribution is 2.59. The van der Waals surface area contributed by atoms with E-state index in [-0.39, 0.29) is 23.1 Å². The number of benzene rings is 1. The fourth-order valence-electron chi connectivity index (χ4n) is 5.47. The minimum atomic E-state index is 0.114. The van der Waals surface area contributed by atoms with Crippen LogP contribution in [0, 0.1) is 18.3 Å². The average Bonchev–Trinajstić information content (AvgIpc) is 3.45. The summed E-state index contributed by atoms with van der Waals surface area (Å²) in [6.45, 7) is 4.26. The normalized spacial score (nSPS) is 19.1. The highest BCUT2D eigenvalue weighted by atomic mass is 16.2. The molecule has 1 saturated heterocycles. The van der Waals surface area contributed by atoms with E-state index < -0.39 is 0 Å². The van der Waals surface area contributed by atoms with Crippen LogP contribution < -0.4 is 5.32 Å². The molecule has 2 aliphatic rings. The molecular weight excluding hydrogens is 412 g/mol. The number of likely N-dealkylation sites (tertiary alicyclic amines) is 1. The summed E-state index contributed by atoms with van der Waals surface area (Å²) in [6, 6.07) is 12.2. The van der Waals surface area contributed by atoms with Gasteiger partial charge in [0.2, 0.25) is 11.8 Å². The monoisotopic (exact) mass is 444 g/mol. The van der Waals surface area contributed by atoms with Crippen LogP contribution in [0.5, 0.6) is 0 Å². The second-order valence-electron chi connectivity index (χ2n) is 9.70. The Labute approximate surface area is 194 Å². The Kier molecular flexibility index (Phi) is 5.92. The number of aryl methyl sites for hydroxylation is 2. The number of nitrogens with zero attached hydrogens (tertiary/aromatic N) is 2. The van der Waals surface area contributed by atoms with Crippen LogP contribution >= 0.6 is 0 Å². The SMILES string of the molecule is Cc1[nH]c2ccccc2c1CC(=O)N1CCC2(CC1)C[C@H]2C(=O)NCCCc1ccncc1. The van der Waals surface area contributed by atoms with Crippen LogP contribution in [-0.4, -0.2) is 46.3 Å². The lowest BCUT2D eigenvalue weighted by molar-refractivity contribution is -0.132. The predicted octanol–water partition coefficient (Wildman–Crippen LogP) is 3.79. The van der Waals surface area contributed by atoms with Crippen molar-refractivity contribution in [1.29, 1.82) is 0 Å². The molecule has 172 valence electrons. The lowest BCUT2D eigenvalue weighted by atomic mass is 9.90. The van der Waals surface area contributed by atoms with Crippen LogP contribution in [0.1, 0.15) is 42.5 Å². The predicted molar refractivity (Wildman–Crippen MR) is 129 cm³/mol. The van der Waals surface area contributed by atoms with E-state index in [2.05, 4.69) is 27.4 Å². The van der Waals surface area contributed by atoms with E-state index in [0.29, 0.717) is 13.0 Å². The first-order valence-electron chi connectivity index (χ1n) is 12.1. The van der Waals surface area contributed by atoms with Crippen molar-refractivity contribution in [2.75, 3.05) is 19.6 Å². The molecule has 3 heterocycles. The van der Waals surface area contributed by atoms with E-state index in [1.54, 1.807) is 12.4 Å². The number of para-hydroxylation sites is 1. The number of pyridine rings is 1. The van der Waals surface area contributed by atoms with Crippen LogP contribution in [0.15, 0.2) is 48.8 Å². The minimum Gasteiger partial charge on any atom is -0.358 e. The second-order valence-corrected chi connectivity index (χ2v) is 9.70. The van der Waals surface area contributed by atoms with Crippen molar-refractivity contribution in [2.24, 2.45) is 11.3 Å². The molecule has 1 saturated carbocycles. The molecule has 3 aromatic rings. The Hall–Kier alpha value is -3.15. The van der Waals surface area contributed by atoms with E-state index in [4.69, 9.17) is 0 Å². The fourth-order valence-corrected chi connectivity index (χ4v) is 5.47. The van der Waals surface area contributed by atoms with Gasteiger partial charge in [-0.3, -0.25) is 14.6 Å². The summed E-state index contributed by atoms with van der Waals surface area (Å²) in [7, 11) is 0. The van der Waals surface area contributed by atoms with Gasteiger partial charge >= 0.3 is 0 Å². The molecule has 0 unspecified atom stereocenters. The zero-order valence-electron chi connectivity index (χ0n) is 19.3. The summed E-state index contributed by atoms with van der Waals surface area (Å²) >= 11 is 0. The van der Waals surface area contributed by atoms with Crippen molar-refractivity contribution in [3.05, 3.63) is 65.6 Å². The molecule has 0 bridgehead atoms. The molecule has 6 nitrogen and oxygen atoms in total. The maximum Gasteiger partial charge on any atom is 0.227 e.